The summed E-state index contributed by atoms with van der Waals surface area (Å²) in [6.07, 6.45) is 3.20. The highest BCUT2D eigenvalue weighted by molar-refractivity contribution is 9.10. The number of carbonyl (C=O) groups excluding carboxylic acids is 1. The molecule has 0 atom stereocenters. The Bertz CT molecular complexity index is 737. The molecule has 0 unspecified atom stereocenters. The maximum atomic E-state index is 12.8. The van der Waals surface area contributed by atoms with Crippen LogP contribution in [0.2, 0.25) is 0 Å². The van der Waals surface area contributed by atoms with Gasteiger partial charge in [-0.15, -0.1) is 0 Å². The standard InChI is InChI=1S/C18H14BrN3O/c19-15-11-20-18(21-12-15)22-17(23)16(13-7-3-1-4-8-13)14-9-5-2-6-10-14/h1-12,16H,(H,20,21,22,23). The summed E-state index contributed by atoms with van der Waals surface area (Å²) in [5, 5.41) is 2.78. The molecule has 1 aromatic heterocycles. The van der Waals surface area contributed by atoms with Crippen LogP contribution in [0.15, 0.2) is 77.5 Å². The van der Waals surface area contributed by atoms with Gasteiger partial charge >= 0.3 is 0 Å². The number of hydrogen-bond donors (Lipinski definition) is 1. The van der Waals surface area contributed by atoms with Crippen molar-refractivity contribution in [2.45, 2.75) is 5.92 Å². The minimum Gasteiger partial charge on any atom is -0.294 e. The Morgan fingerprint density at radius 2 is 1.35 bits per heavy atom. The van der Waals surface area contributed by atoms with Gasteiger partial charge in [0, 0.05) is 12.4 Å². The lowest BCUT2D eigenvalue weighted by atomic mass is 9.90. The zero-order valence-corrected chi connectivity index (χ0v) is 13.8. The monoisotopic (exact) mass is 367 g/mol. The summed E-state index contributed by atoms with van der Waals surface area (Å²) in [5.41, 5.74) is 1.85. The molecule has 0 saturated carbocycles. The van der Waals surface area contributed by atoms with Crippen molar-refractivity contribution in [2.24, 2.45) is 0 Å². The van der Waals surface area contributed by atoms with Crippen molar-refractivity contribution in [3.05, 3.63) is 88.7 Å². The van der Waals surface area contributed by atoms with E-state index in [4.69, 9.17) is 0 Å². The Morgan fingerprint density at radius 3 is 1.83 bits per heavy atom. The molecule has 0 saturated heterocycles. The van der Waals surface area contributed by atoms with E-state index in [9.17, 15) is 4.79 Å². The lowest BCUT2D eigenvalue weighted by molar-refractivity contribution is -0.116. The van der Waals surface area contributed by atoms with Crippen LogP contribution in [0.5, 0.6) is 0 Å². The minimum absolute atomic E-state index is 0.162. The first-order chi connectivity index (χ1) is 11.2. The van der Waals surface area contributed by atoms with Gasteiger partial charge < -0.3 is 0 Å². The van der Waals surface area contributed by atoms with Crippen molar-refractivity contribution >= 4 is 27.8 Å². The first-order valence-electron chi connectivity index (χ1n) is 7.12. The van der Waals surface area contributed by atoms with Crippen molar-refractivity contribution in [3.8, 4) is 0 Å². The Labute approximate surface area is 142 Å². The van der Waals surface area contributed by atoms with Gasteiger partial charge in [-0.3, -0.25) is 10.1 Å². The number of carbonyl (C=O) groups is 1. The lowest BCUT2D eigenvalue weighted by Crippen LogP contribution is -2.23. The molecule has 1 N–H and O–H groups in total. The highest BCUT2D eigenvalue weighted by Crippen LogP contribution is 2.25. The highest BCUT2D eigenvalue weighted by Gasteiger charge is 2.23. The van der Waals surface area contributed by atoms with Gasteiger partial charge in [0.1, 0.15) is 0 Å². The second-order valence-electron chi connectivity index (χ2n) is 4.97. The molecule has 5 heteroatoms. The normalized spacial score (nSPS) is 10.5. The van der Waals surface area contributed by atoms with Gasteiger partial charge in [-0.1, -0.05) is 60.7 Å². The summed E-state index contributed by atoms with van der Waals surface area (Å²) < 4.78 is 0.762. The van der Waals surface area contributed by atoms with Gasteiger partial charge in [0.15, 0.2) is 0 Å². The largest absolute Gasteiger partial charge is 0.294 e. The molecule has 23 heavy (non-hydrogen) atoms. The molecule has 4 nitrogen and oxygen atoms in total. The Balaban J connectivity index is 1.92. The van der Waals surface area contributed by atoms with Gasteiger partial charge in [0.25, 0.3) is 0 Å². The second-order valence-corrected chi connectivity index (χ2v) is 5.88. The average Bonchev–Trinajstić information content (AvgIpc) is 2.59. The van der Waals surface area contributed by atoms with Crippen LogP contribution in [0.1, 0.15) is 17.0 Å². The first kappa shape index (κ1) is 15.4. The fourth-order valence-corrected chi connectivity index (χ4v) is 2.55. The van der Waals surface area contributed by atoms with E-state index in [0.29, 0.717) is 0 Å². The fraction of sp³-hybridized carbons (Fsp3) is 0.0556. The van der Waals surface area contributed by atoms with Crippen LogP contribution in [0, 0.1) is 0 Å². The highest BCUT2D eigenvalue weighted by atomic mass is 79.9. The molecule has 0 spiro atoms. The van der Waals surface area contributed by atoms with Crippen LogP contribution >= 0.6 is 15.9 Å². The first-order valence-corrected chi connectivity index (χ1v) is 7.91. The number of benzene rings is 2. The number of anilines is 1. The topological polar surface area (TPSA) is 54.9 Å². The van der Waals surface area contributed by atoms with Gasteiger partial charge in [-0.25, -0.2) is 9.97 Å². The predicted molar refractivity (Wildman–Crippen MR) is 93.1 cm³/mol. The summed E-state index contributed by atoms with van der Waals surface area (Å²) >= 11 is 3.28. The van der Waals surface area contributed by atoms with Crippen LogP contribution in [0.4, 0.5) is 5.95 Å². The third kappa shape index (κ3) is 3.81. The zero-order chi connectivity index (χ0) is 16.1. The number of hydrogen-bond acceptors (Lipinski definition) is 3. The number of nitrogens with one attached hydrogen (secondary N) is 1. The maximum Gasteiger partial charge on any atom is 0.238 e. The Kier molecular flexibility index (Phi) is 4.78. The van der Waals surface area contributed by atoms with Crippen molar-refractivity contribution in [1.82, 2.24) is 9.97 Å². The van der Waals surface area contributed by atoms with Crippen molar-refractivity contribution in [1.29, 1.82) is 0 Å². The van der Waals surface area contributed by atoms with E-state index in [2.05, 4.69) is 31.2 Å². The van der Waals surface area contributed by atoms with Gasteiger partial charge in [0.2, 0.25) is 11.9 Å². The van der Waals surface area contributed by atoms with E-state index >= 15 is 0 Å². The SMILES string of the molecule is O=C(Nc1ncc(Br)cn1)C(c1ccccc1)c1ccccc1. The number of rotatable bonds is 4. The summed E-state index contributed by atoms with van der Waals surface area (Å²) in [6, 6.07) is 19.3. The number of nitrogens with zero attached hydrogens (tertiary/aromatic N) is 2. The molecule has 0 aliphatic heterocycles. The van der Waals surface area contributed by atoms with Gasteiger partial charge in [0.05, 0.1) is 10.4 Å². The summed E-state index contributed by atoms with van der Waals surface area (Å²) in [6.45, 7) is 0. The summed E-state index contributed by atoms with van der Waals surface area (Å²) in [7, 11) is 0. The molecule has 114 valence electrons. The smallest absolute Gasteiger partial charge is 0.238 e. The van der Waals surface area contributed by atoms with E-state index in [0.717, 1.165) is 15.6 Å². The predicted octanol–water partition coefficient (Wildman–Crippen LogP) is 4.01. The molecule has 3 rings (SSSR count). The van der Waals surface area contributed by atoms with E-state index in [1.54, 1.807) is 12.4 Å². The summed E-state index contributed by atoms with van der Waals surface area (Å²) in [5.74, 6) is -0.288. The quantitative estimate of drug-likeness (QED) is 0.757. The molecule has 0 fully saturated rings. The molecular formula is C18H14BrN3O. The number of halogens is 1. The molecule has 1 heterocycles. The third-order valence-electron chi connectivity index (χ3n) is 3.38. The van der Waals surface area contributed by atoms with Crippen LogP contribution in [-0.4, -0.2) is 15.9 Å². The molecular weight excluding hydrogens is 354 g/mol. The fourth-order valence-electron chi connectivity index (χ4n) is 2.35. The van der Waals surface area contributed by atoms with E-state index in [1.807, 2.05) is 60.7 Å². The van der Waals surface area contributed by atoms with Crippen molar-refractivity contribution < 1.29 is 4.79 Å². The third-order valence-corrected chi connectivity index (χ3v) is 3.79. The molecule has 3 aromatic rings. The number of amides is 1. The lowest BCUT2D eigenvalue weighted by Gasteiger charge is -2.17. The molecule has 0 radical (unpaired) electrons. The van der Waals surface area contributed by atoms with E-state index in [1.165, 1.54) is 0 Å². The Morgan fingerprint density at radius 1 is 0.870 bits per heavy atom. The molecule has 1 amide bonds. The van der Waals surface area contributed by atoms with Crippen LogP contribution in [0.25, 0.3) is 0 Å². The van der Waals surface area contributed by atoms with Crippen LogP contribution in [0.3, 0.4) is 0 Å². The summed E-state index contributed by atoms with van der Waals surface area (Å²) in [4.78, 5) is 21.0. The van der Waals surface area contributed by atoms with Crippen LogP contribution in [-0.2, 0) is 4.79 Å². The average molecular weight is 368 g/mol. The number of aromatic nitrogens is 2. The molecule has 0 bridgehead atoms. The Hall–Kier alpha value is -2.53. The van der Waals surface area contributed by atoms with E-state index in [-0.39, 0.29) is 11.9 Å². The second kappa shape index (κ2) is 7.15. The van der Waals surface area contributed by atoms with Gasteiger partial charge in [-0.2, -0.15) is 0 Å². The minimum atomic E-state index is -0.412. The van der Waals surface area contributed by atoms with Crippen LogP contribution < -0.4 is 5.32 Å². The van der Waals surface area contributed by atoms with Crippen molar-refractivity contribution in [3.63, 3.8) is 0 Å². The van der Waals surface area contributed by atoms with E-state index < -0.39 is 5.92 Å². The molecule has 0 aliphatic carbocycles. The van der Waals surface area contributed by atoms with Gasteiger partial charge in [-0.05, 0) is 27.1 Å². The maximum absolute atomic E-state index is 12.8. The molecule has 0 aliphatic rings. The molecule has 2 aromatic carbocycles. The van der Waals surface area contributed by atoms with Crippen molar-refractivity contribution in [2.75, 3.05) is 5.32 Å². The zero-order valence-electron chi connectivity index (χ0n) is 12.2.